The lowest BCUT2D eigenvalue weighted by atomic mass is 10.1. The minimum atomic E-state index is -0.0698. The van der Waals surface area contributed by atoms with Gasteiger partial charge in [-0.3, -0.25) is 9.89 Å². The summed E-state index contributed by atoms with van der Waals surface area (Å²) in [6, 6.07) is 7.87. The fourth-order valence-corrected chi connectivity index (χ4v) is 2.70. The number of aryl methyl sites for hydroxylation is 1. The van der Waals surface area contributed by atoms with Gasteiger partial charge in [-0.2, -0.15) is 5.10 Å². The number of fused-ring (bicyclic) bond motifs is 1. The van der Waals surface area contributed by atoms with Crippen LogP contribution in [0.4, 0.5) is 0 Å². The topological polar surface area (TPSA) is 70.2 Å². The second kappa shape index (κ2) is 6.83. The van der Waals surface area contributed by atoms with Gasteiger partial charge in [0, 0.05) is 37.8 Å². The van der Waals surface area contributed by atoms with Gasteiger partial charge in [0.2, 0.25) is 0 Å². The fourth-order valence-electron chi connectivity index (χ4n) is 2.70. The number of benzene rings is 1. The Hall–Kier alpha value is -2.34. The van der Waals surface area contributed by atoms with Crippen molar-refractivity contribution in [2.45, 2.75) is 19.9 Å². The summed E-state index contributed by atoms with van der Waals surface area (Å²) in [5.41, 5.74) is 3.67. The first-order valence-electron chi connectivity index (χ1n) is 7.87. The number of carbonyl (C=O) groups is 1. The molecular formula is C17H22N4O2. The molecule has 1 aliphatic rings. The van der Waals surface area contributed by atoms with E-state index in [9.17, 15) is 4.79 Å². The van der Waals surface area contributed by atoms with Gasteiger partial charge in [0.15, 0.2) is 5.69 Å². The zero-order valence-electron chi connectivity index (χ0n) is 13.6. The van der Waals surface area contributed by atoms with Gasteiger partial charge in [-0.05, 0) is 18.6 Å². The highest BCUT2D eigenvalue weighted by Gasteiger charge is 2.23. The molecule has 2 N–H and O–H groups in total. The molecule has 0 saturated heterocycles. The number of aromatic nitrogens is 2. The van der Waals surface area contributed by atoms with Crippen LogP contribution in [0, 0.1) is 6.92 Å². The van der Waals surface area contributed by atoms with Crippen molar-refractivity contribution in [3.8, 4) is 5.75 Å². The number of hydrogen-bond donors (Lipinski definition) is 2. The fraction of sp³-hybridized carbons (Fsp3) is 0.412. The molecule has 0 unspecified atom stereocenters. The smallest absolute Gasteiger partial charge is 0.274 e. The third kappa shape index (κ3) is 3.37. The van der Waals surface area contributed by atoms with E-state index in [1.165, 1.54) is 0 Å². The maximum absolute atomic E-state index is 12.5. The molecule has 0 saturated carbocycles. The number of nitrogens with one attached hydrogen (secondary N) is 2. The number of rotatable bonds is 5. The normalized spacial score (nSPS) is 13.5. The monoisotopic (exact) mass is 314 g/mol. The highest BCUT2D eigenvalue weighted by molar-refractivity contribution is 5.93. The van der Waals surface area contributed by atoms with Crippen LogP contribution in [-0.4, -0.2) is 47.7 Å². The van der Waals surface area contributed by atoms with Crippen LogP contribution in [0.2, 0.25) is 0 Å². The Kier molecular flexibility index (Phi) is 4.62. The molecular weight excluding hydrogens is 292 g/mol. The molecule has 2 heterocycles. The van der Waals surface area contributed by atoms with Crippen LogP contribution in [0.3, 0.4) is 0 Å². The maximum Gasteiger partial charge on any atom is 0.274 e. The zero-order valence-corrected chi connectivity index (χ0v) is 13.6. The predicted molar refractivity (Wildman–Crippen MR) is 87.6 cm³/mol. The molecule has 6 nitrogen and oxygen atoms in total. The van der Waals surface area contributed by atoms with Gasteiger partial charge in [-0.1, -0.05) is 18.2 Å². The Morgan fingerprint density at radius 2 is 2.22 bits per heavy atom. The summed E-state index contributed by atoms with van der Waals surface area (Å²) in [5.74, 6) is 0.786. The van der Waals surface area contributed by atoms with Gasteiger partial charge in [0.25, 0.3) is 5.91 Å². The third-order valence-electron chi connectivity index (χ3n) is 4.13. The minimum Gasteiger partial charge on any atom is -0.491 e. The van der Waals surface area contributed by atoms with Crippen LogP contribution < -0.4 is 10.1 Å². The third-order valence-corrected chi connectivity index (χ3v) is 4.13. The summed E-state index contributed by atoms with van der Waals surface area (Å²) in [5, 5.41) is 10.5. The average Bonchev–Trinajstić information content (AvgIpc) is 3.00. The van der Waals surface area contributed by atoms with E-state index in [1.807, 2.05) is 31.2 Å². The van der Waals surface area contributed by atoms with Crippen molar-refractivity contribution in [3.63, 3.8) is 0 Å². The number of H-pyrrole nitrogens is 1. The Balaban J connectivity index is 1.58. The van der Waals surface area contributed by atoms with E-state index in [4.69, 9.17) is 4.74 Å². The molecule has 1 amide bonds. The van der Waals surface area contributed by atoms with Crippen molar-refractivity contribution in [1.82, 2.24) is 20.4 Å². The second-order valence-corrected chi connectivity index (χ2v) is 5.80. The quantitative estimate of drug-likeness (QED) is 0.878. The molecule has 1 aromatic heterocycles. The van der Waals surface area contributed by atoms with Gasteiger partial charge in [-0.15, -0.1) is 0 Å². The Morgan fingerprint density at radius 1 is 1.39 bits per heavy atom. The SMILES string of the molecule is Cc1ccccc1OCCN(C)C(=O)c1n[nH]c2c1CNCC2. The van der Waals surface area contributed by atoms with E-state index >= 15 is 0 Å². The van der Waals surface area contributed by atoms with Crippen LogP contribution >= 0.6 is 0 Å². The van der Waals surface area contributed by atoms with E-state index in [1.54, 1.807) is 11.9 Å². The highest BCUT2D eigenvalue weighted by Crippen LogP contribution is 2.18. The van der Waals surface area contributed by atoms with Crippen molar-refractivity contribution >= 4 is 5.91 Å². The predicted octanol–water partition coefficient (Wildman–Crippen LogP) is 1.51. The molecule has 1 aliphatic heterocycles. The number of aromatic amines is 1. The van der Waals surface area contributed by atoms with E-state index in [-0.39, 0.29) is 5.91 Å². The summed E-state index contributed by atoms with van der Waals surface area (Å²) in [7, 11) is 1.78. The summed E-state index contributed by atoms with van der Waals surface area (Å²) in [4.78, 5) is 14.2. The lowest BCUT2D eigenvalue weighted by Crippen LogP contribution is -2.33. The molecule has 23 heavy (non-hydrogen) atoms. The number of carbonyl (C=O) groups excluding carboxylic acids is 1. The summed E-state index contributed by atoms with van der Waals surface area (Å²) >= 11 is 0. The number of nitrogens with zero attached hydrogens (tertiary/aromatic N) is 2. The zero-order chi connectivity index (χ0) is 16.2. The average molecular weight is 314 g/mol. The number of para-hydroxylation sites is 1. The van der Waals surface area contributed by atoms with E-state index in [0.29, 0.717) is 25.4 Å². The molecule has 3 rings (SSSR count). The highest BCUT2D eigenvalue weighted by atomic mass is 16.5. The number of likely N-dealkylation sites (N-methyl/N-ethyl adjacent to an activating group) is 1. The first-order chi connectivity index (χ1) is 11.2. The summed E-state index contributed by atoms with van der Waals surface area (Å²) in [6.07, 6.45) is 0.885. The Bertz CT molecular complexity index is 696. The van der Waals surface area contributed by atoms with Crippen molar-refractivity contribution in [3.05, 3.63) is 46.8 Å². The standard InChI is InChI=1S/C17H22N4O2/c1-12-5-3-4-6-15(12)23-10-9-21(2)17(22)16-13-11-18-8-7-14(13)19-20-16/h3-6,18H,7-11H2,1-2H3,(H,19,20). The largest absolute Gasteiger partial charge is 0.491 e. The lowest BCUT2D eigenvalue weighted by Gasteiger charge is -2.18. The number of hydrogen-bond acceptors (Lipinski definition) is 4. The van der Waals surface area contributed by atoms with Crippen LogP contribution in [0.1, 0.15) is 27.3 Å². The first-order valence-corrected chi connectivity index (χ1v) is 7.87. The van der Waals surface area contributed by atoms with Crippen molar-refractivity contribution in [2.24, 2.45) is 0 Å². The number of amides is 1. The van der Waals surface area contributed by atoms with Crippen LogP contribution in [0.25, 0.3) is 0 Å². The molecule has 0 radical (unpaired) electrons. The molecule has 0 spiro atoms. The van der Waals surface area contributed by atoms with Gasteiger partial charge in [0.1, 0.15) is 12.4 Å². The van der Waals surface area contributed by atoms with Crippen molar-refractivity contribution in [1.29, 1.82) is 0 Å². The molecule has 0 atom stereocenters. The van der Waals surface area contributed by atoms with E-state index in [0.717, 1.165) is 35.5 Å². The van der Waals surface area contributed by atoms with Crippen LogP contribution in [0.5, 0.6) is 5.75 Å². The van der Waals surface area contributed by atoms with E-state index in [2.05, 4.69) is 15.5 Å². The molecule has 0 aliphatic carbocycles. The van der Waals surface area contributed by atoms with Gasteiger partial charge in [0.05, 0.1) is 6.54 Å². The van der Waals surface area contributed by atoms with Crippen molar-refractivity contribution < 1.29 is 9.53 Å². The Labute approximate surface area is 135 Å². The molecule has 0 fully saturated rings. The van der Waals surface area contributed by atoms with E-state index < -0.39 is 0 Å². The van der Waals surface area contributed by atoms with Gasteiger partial charge in [-0.25, -0.2) is 0 Å². The number of ether oxygens (including phenoxy) is 1. The molecule has 6 heteroatoms. The second-order valence-electron chi connectivity index (χ2n) is 5.80. The minimum absolute atomic E-state index is 0.0698. The van der Waals surface area contributed by atoms with Crippen molar-refractivity contribution in [2.75, 3.05) is 26.7 Å². The summed E-state index contributed by atoms with van der Waals surface area (Å²) < 4.78 is 5.75. The molecule has 1 aromatic carbocycles. The molecule has 2 aromatic rings. The Morgan fingerprint density at radius 3 is 3.04 bits per heavy atom. The first kappa shape index (κ1) is 15.6. The summed E-state index contributed by atoms with van der Waals surface area (Å²) in [6.45, 7) is 4.59. The molecule has 0 bridgehead atoms. The molecule has 122 valence electrons. The van der Waals surface area contributed by atoms with Crippen LogP contribution in [0.15, 0.2) is 24.3 Å². The van der Waals surface area contributed by atoms with Gasteiger partial charge < -0.3 is 15.0 Å². The van der Waals surface area contributed by atoms with Gasteiger partial charge >= 0.3 is 0 Å². The maximum atomic E-state index is 12.5. The van der Waals surface area contributed by atoms with Crippen LogP contribution in [-0.2, 0) is 13.0 Å². The lowest BCUT2D eigenvalue weighted by molar-refractivity contribution is 0.0766.